The Morgan fingerprint density at radius 3 is 2.80 bits per heavy atom. The third-order valence-electron chi connectivity index (χ3n) is 1.83. The maximum atomic E-state index is 11.6. The maximum Gasteiger partial charge on any atom is 0.255 e. The Morgan fingerprint density at radius 1 is 1.33 bits per heavy atom. The van der Waals surface area contributed by atoms with Gasteiger partial charge < -0.3 is 4.42 Å². The van der Waals surface area contributed by atoms with E-state index in [1.165, 1.54) is 18.0 Å². The molecule has 0 saturated carbocycles. The maximum absolute atomic E-state index is 11.6. The first-order valence-electron chi connectivity index (χ1n) is 4.47. The summed E-state index contributed by atoms with van der Waals surface area (Å²) < 4.78 is 5.02. The first-order valence-corrected chi connectivity index (χ1v) is 5.45. The smallest absolute Gasteiger partial charge is 0.255 e. The predicted octanol–water partition coefficient (Wildman–Crippen LogP) is 2.65. The zero-order chi connectivity index (χ0) is 10.5. The van der Waals surface area contributed by atoms with Crippen LogP contribution in [0.5, 0.6) is 0 Å². The van der Waals surface area contributed by atoms with E-state index in [0.29, 0.717) is 11.0 Å². The van der Waals surface area contributed by atoms with Gasteiger partial charge in [-0.15, -0.1) is 0 Å². The fraction of sp³-hybridized carbons (Fsp3) is 0.0909. The summed E-state index contributed by atoms with van der Waals surface area (Å²) in [4.78, 5) is 15.6. The summed E-state index contributed by atoms with van der Waals surface area (Å²) in [7, 11) is 0. The average Bonchev–Trinajstić information content (AvgIpc) is 2.80. The van der Waals surface area contributed by atoms with Gasteiger partial charge in [0, 0.05) is 5.56 Å². The molecule has 0 atom stereocenters. The summed E-state index contributed by atoms with van der Waals surface area (Å²) in [5, 5.41) is 0.527. The molecule has 0 unspecified atom stereocenters. The van der Waals surface area contributed by atoms with E-state index in [4.69, 9.17) is 4.42 Å². The summed E-state index contributed by atoms with van der Waals surface area (Å²) >= 11 is 1.30. The van der Waals surface area contributed by atoms with Crippen molar-refractivity contribution in [2.75, 3.05) is 5.75 Å². The van der Waals surface area contributed by atoms with Crippen LogP contribution in [0.3, 0.4) is 0 Å². The molecule has 1 aromatic carbocycles. The fourth-order valence-corrected chi connectivity index (χ4v) is 1.80. The molecule has 0 N–H and O–H groups in total. The number of carbonyl (C=O) groups is 1. The first kappa shape index (κ1) is 9.98. The van der Waals surface area contributed by atoms with Gasteiger partial charge in [-0.1, -0.05) is 42.1 Å². The minimum Gasteiger partial charge on any atom is -0.440 e. The SMILES string of the molecule is O=C(CSc1ncco1)c1ccccc1. The van der Waals surface area contributed by atoms with Crippen molar-refractivity contribution in [3.8, 4) is 0 Å². The van der Waals surface area contributed by atoms with Gasteiger partial charge in [0.05, 0.1) is 11.9 Å². The highest BCUT2D eigenvalue weighted by Crippen LogP contribution is 2.16. The Labute approximate surface area is 91.5 Å². The highest BCUT2D eigenvalue weighted by Gasteiger charge is 2.07. The van der Waals surface area contributed by atoms with Gasteiger partial charge in [0.25, 0.3) is 5.22 Å². The number of ketones is 1. The lowest BCUT2D eigenvalue weighted by atomic mass is 10.2. The first-order chi connectivity index (χ1) is 7.36. The Morgan fingerprint density at radius 2 is 2.13 bits per heavy atom. The monoisotopic (exact) mass is 219 g/mol. The summed E-state index contributed by atoms with van der Waals surface area (Å²) in [5.41, 5.74) is 0.719. The van der Waals surface area contributed by atoms with Crippen molar-refractivity contribution < 1.29 is 9.21 Å². The molecule has 1 heterocycles. The van der Waals surface area contributed by atoms with Gasteiger partial charge in [0.15, 0.2) is 5.78 Å². The summed E-state index contributed by atoms with van der Waals surface area (Å²) in [6.07, 6.45) is 3.06. The van der Waals surface area contributed by atoms with Crippen molar-refractivity contribution in [1.29, 1.82) is 0 Å². The van der Waals surface area contributed by atoms with E-state index in [2.05, 4.69) is 4.98 Å². The highest BCUT2D eigenvalue weighted by molar-refractivity contribution is 7.99. The van der Waals surface area contributed by atoms with E-state index >= 15 is 0 Å². The van der Waals surface area contributed by atoms with Crippen LogP contribution in [0.15, 0.2) is 52.4 Å². The number of aromatic nitrogens is 1. The third-order valence-corrected chi connectivity index (χ3v) is 2.69. The molecule has 2 rings (SSSR count). The minimum atomic E-state index is 0.0822. The molecule has 0 amide bonds. The van der Waals surface area contributed by atoms with E-state index in [0.717, 1.165) is 5.56 Å². The lowest BCUT2D eigenvalue weighted by Gasteiger charge is -1.97. The second kappa shape index (κ2) is 4.79. The topological polar surface area (TPSA) is 43.1 Å². The van der Waals surface area contributed by atoms with Crippen molar-refractivity contribution in [3.63, 3.8) is 0 Å². The molecule has 0 saturated heterocycles. The average molecular weight is 219 g/mol. The molecule has 0 spiro atoms. The van der Waals surface area contributed by atoms with Crippen LogP contribution in [-0.4, -0.2) is 16.5 Å². The zero-order valence-electron chi connectivity index (χ0n) is 7.92. The summed E-state index contributed by atoms with van der Waals surface area (Å²) in [6.45, 7) is 0. The van der Waals surface area contributed by atoms with E-state index in [1.807, 2.05) is 18.2 Å². The van der Waals surface area contributed by atoms with Gasteiger partial charge in [-0.3, -0.25) is 4.79 Å². The normalized spacial score (nSPS) is 10.1. The van der Waals surface area contributed by atoms with Crippen LogP contribution in [0.1, 0.15) is 10.4 Å². The number of Topliss-reactive ketones (excluding diaryl/α,β-unsaturated/α-hetero) is 1. The number of carbonyl (C=O) groups excluding carboxylic acids is 1. The Kier molecular flexibility index (Phi) is 3.19. The molecule has 0 bridgehead atoms. The molecule has 4 heteroatoms. The van der Waals surface area contributed by atoms with Crippen LogP contribution in [0.2, 0.25) is 0 Å². The van der Waals surface area contributed by atoms with Gasteiger partial charge >= 0.3 is 0 Å². The van der Waals surface area contributed by atoms with E-state index in [1.54, 1.807) is 18.3 Å². The van der Waals surface area contributed by atoms with E-state index < -0.39 is 0 Å². The van der Waals surface area contributed by atoms with Gasteiger partial charge in [0.2, 0.25) is 0 Å². The van der Waals surface area contributed by atoms with Gasteiger partial charge in [0.1, 0.15) is 6.26 Å². The molecule has 0 fully saturated rings. The highest BCUT2D eigenvalue weighted by atomic mass is 32.2. The van der Waals surface area contributed by atoms with Crippen molar-refractivity contribution in [3.05, 3.63) is 48.4 Å². The molecule has 0 radical (unpaired) electrons. The second-order valence-electron chi connectivity index (χ2n) is 2.88. The number of oxazole rings is 1. The molecule has 15 heavy (non-hydrogen) atoms. The largest absolute Gasteiger partial charge is 0.440 e. The van der Waals surface area contributed by atoms with Gasteiger partial charge in [-0.2, -0.15) is 0 Å². The molecule has 0 aliphatic heterocycles. The van der Waals surface area contributed by atoms with Crippen LogP contribution in [0.25, 0.3) is 0 Å². The van der Waals surface area contributed by atoms with Crippen LogP contribution in [0.4, 0.5) is 0 Å². The standard InChI is InChI=1S/C11H9NO2S/c13-10(9-4-2-1-3-5-9)8-15-11-12-6-7-14-11/h1-7H,8H2. The number of benzene rings is 1. The molecular weight excluding hydrogens is 210 g/mol. The van der Waals surface area contributed by atoms with Crippen molar-refractivity contribution in [2.24, 2.45) is 0 Å². The third kappa shape index (κ3) is 2.70. The molecule has 3 nitrogen and oxygen atoms in total. The number of hydrogen-bond acceptors (Lipinski definition) is 4. The van der Waals surface area contributed by atoms with Crippen molar-refractivity contribution in [1.82, 2.24) is 4.98 Å². The summed E-state index contributed by atoms with van der Waals surface area (Å²) in [6, 6.07) is 9.20. The molecular formula is C11H9NO2S. The molecule has 1 aromatic heterocycles. The summed E-state index contributed by atoms with van der Waals surface area (Å²) in [5.74, 6) is 0.434. The Balaban J connectivity index is 1.94. The zero-order valence-corrected chi connectivity index (χ0v) is 8.74. The molecule has 2 aromatic rings. The minimum absolute atomic E-state index is 0.0822. The lowest BCUT2D eigenvalue weighted by Crippen LogP contribution is -2.01. The van der Waals surface area contributed by atoms with Gasteiger partial charge in [-0.25, -0.2) is 4.98 Å². The van der Waals surface area contributed by atoms with E-state index in [9.17, 15) is 4.79 Å². The Bertz CT molecular complexity index is 425. The lowest BCUT2D eigenvalue weighted by molar-refractivity contribution is 0.102. The van der Waals surface area contributed by atoms with Crippen LogP contribution in [0, 0.1) is 0 Å². The predicted molar refractivity (Wildman–Crippen MR) is 58.0 cm³/mol. The molecule has 0 aliphatic rings. The quantitative estimate of drug-likeness (QED) is 0.585. The number of hydrogen-bond donors (Lipinski definition) is 0. The van der Waals surface area contributed by atoms with Crippen LogP contribution < -0.4 is 0 Å². The fourth-order valence-electron chi connectivity index (χ4n) is 1.12. The van der Waals surface area contributed by atoms with Crippen LogP contribution >= 0.6 is 11.8 Å². The van der Waals surface area contributed by atoms with E-state index in [-0.39, 0.29) is 5.78 Å². The molecule has 0 aliphatic carbocycles. The number of nitrogens with zero attached hydrogens (tertiary/aromatic N) is 1. The molecule has 76 valence electrons. The van der Waals surface area contributed by atoms with Crippen molar-refractivity contribution >= 4 is 17.5 Å². The van der Waals surface area contributed by atoms with Crippen molar-refractivity contribution in [2.45, 2.75) is 5.22 Å². The van der Waals surface area contributed by atoms with Gasteiger partial charge in [-0.05, 0) is 0 Å². The second-order valence-corrected chi connectivity index (χ2v) is 3.80. The van der Waals surface area contributed by atoms with Crippen LogP contribution in [-0.2, 0) is 0 Å². The Hall–Kier alpha value is -1.55. The number of rotatable bonds is 4. The number of thioether (sulfide) groups is 1.